The zero-order valence-corrected chi connectivity index (χ0v) is 11.5. The molecule has 0 aliphatic rings. The van der Waals surface area contributed by atoms with Crippen LogP contribution in [0.3, 0.4) is 0 Å². The summed E-state index contributed by atoms with van der Waals surface area (Å²) in [4.78, 5) is 15.8. The van der Waals surface area contributed by atoms with Gasteiger partial charge in [-0.25, -0.2) is 0 Å². The third-order valence-electron chi connectivity index (χ3n) is 2.81. The minimum Gasteiger partial charge on any atom is -0.378 e. The van der Waals surface area contributed by atoms with E-state index in [1.165, 1.54) is 0 Å². The van der Waals surface area contributed by atoms with Crippen LogP contribution in [0.4, 0.5) is 5.69 Å². The van der Waals surface area contributed by atoms with E-state index in [1.807, 2.05) is 50.2 Å². The molecular formula is C13H19ClN2O. The summed E-state index contributed by atoms with van der Waals surface area (Å²) in [6, 6.07) is 7.61. The summed E-state index contributed by atoms with van der Waals surface area (Å²) in [6.07, 6.45) is 0. The molecule has 1 amide bonds. The molecule has 0 N–H and O–H groups in total. The van der Waals surface area contributed by atoms with E-state index in [0.717, 1.165) is 5.69 Å². The van der Waals surface area contributed by atoms with E-state index in [2.05, 4.69) is 0 Å². The van der Waals surface area contributed by atoms with E-state index in [4.69, 9.17) is 11.6 Å². The number of alkyl halides is 1. The molecule has 1 aromatic rings. The molecule has 1 atom stereocenters. The van der Waals surface area contributed by atoms with Gasteiger partial charge in [-0.1, -0.05) is 6.07 Å². The van der Waals surface area contributed by atoms with Crippen molar-refractivity contribution >= 4 is 23.2 Å². The molecule has 94 valence electrons. The molecule has 0 saturated carbocycles. The number of carbonyl (C=O) groups excluding carboxylic acids is 1. The summed E-state index contributed by atoms with van der Waals surface area (Å²) in [5, 5.41) is 0. The minimum atomic E-state index is 0.00171. The first-order valence-electron chi connectivity index (χ1n) is 5.58. The molecule has 1 rings (SSSR count). The third kappa shape index (κ3) is 3.37. The largest absolute Gasteiger partial charge is 0.378 e. The molecule has 0 spiro atoms. The summed E-state index contributed by atoms with van der Waals surface area (Å²) < 4.78 is 0. The molecule has 17 heavy (non-hydrogen) atoms. The van der Waals surface area contributed by atoms with Gasteiger partial charge in [0.15, 0.2) is 0 Å². The molecule has 0 aliphatic heterocycles. The molecule has 0 saturated heterocycles. The Morgan fingerprint density at radius 1 is 1.35 bits per heavy atom. The summed E-state index contributed by atoms with van der Waals surface area (Å²) in [5.41, 5.74) is 1.71. The van der Waals surface area contributed by atoms with Crippen LogP contribution in [0.2, 0.25) is 0 Å². The third-order valence-corrected chi connectivity index (χ3v) is 3.26. The standard InChI is InChI=1S/C13H19ClN2O/c1-10(9-14)16(4)13(17)11-6-5-7-12(8-11)15(2)3/h5-8,10H,9H2,1-4H3. The van der Waals surface area contributed by atoms with Crippen LogP contribution in [-0.2, 0) is 0 Å². The number of nitrogens with zero attached hydrogens (tertiary/aromatic N) is 2. The van der Waals surface area contributed by atoms with E-state index >= 15 is 0 Å². The summed E-state index contributed by atoms with van der Waals surface area (Å²) in [7, 11) is 5.68. The lowest BCUT2D eigenvalue weighted by atomic mass is 10.1. The molecule has 0 bridgehead atoms. The Kier molecular flexibility index (Phi) is 4.82. The lowest BCUT2D eigenvalue weighted by Gasteiger charge is -2.23. The maximum absolute atomic E-state index is 12.2. The molecule has 3 nitrogen and oxygen atoms in total. The highest BCUT2D eigenvalue weighted by atomic mass is 35.5. The Balaban J connectivity index is 2.92. The number of hydrogen-bond donors (Lipinski definition) is 0. The van der Waals surface area contributed by atoms with Crippen LogP contribution in [0.25, 0.3) is 0 Å². The molecule has 0 heterocycles. The van der Waals surface area contributed by atoms with Gasteiger partial charge in [0.05, 0.1) is 0 Å². The average Bonchev–Trinajstić information content (AvgIpc) is 2.36. The van der Waals surface area contributed by atoms with Crippen molar-refractivity contribution in [3.05, 3.63) is 29.8 Å². The Morgan fingerprint density at radius 3 is 2.53 bits per heavy atom. The van der Waals surface area contributed by atoms with Gasteiger partial charge in [-0.05, 0) is 25.1 Å². The molecular weight excluding hydrogens is 236 g/mol. The molecule has 0 aliphatic carbocycles. The van der Waals surface area contributed by atoms with Gasteiger partial charge in [0, 0.05) is 44.3 Å². The van der Waals surface area contributed by atoms with Crippen LogP contribution in [0, 0.1) is 0 Å². The van der Waals surface area contributed by atoms with Crippen molar-refractivity contribution in [2.45, 2.75) is 13.0 Å². The normalized spacial score (nSPS) is 12.1. The van der Waals surface area contributed by atoms with E-state index in [9.17, 15) is 4.79 Å². The van der Waals surface area contributed by atoms with Crippen molar-refractivity contribution in [2.24, 2.45) is 0 Å². The van der Waals surface area contributed by atoms with Gasteiger partial charge in [-0.3, -0.25) is 4.79 Å². The SMILES string of the molecule is CC(CCl)N(C)C(=O)c1cccc(N(C)C)c1. The summed E-state index contributed by atoms with van der Waals surface area (Å²) in [5.74, 6) is 0.442. The van der Waals surface area contributed by atoms with Gasteiger partial charge < -0.3 is 9.80 Å². The van der Waals surface area contributed by atoms with E-state index in [-0.39, 0.29) is 11.9 Å². The maximum atomic E-state index is 12.2. The van der Waals surface area contributed by atoms with Gasteiger partial charge in [0.25, 0.3) is 5.91 Å². The van der Waals surface area contributed by atoms with Crippen molar-refractivity contribution in [1.82, 2.24) is 4.90 Å². The van der Waals surface area contributed by atoms with Gasteiger partial charge in [0.2, 0.25) is 0 Å². The summed E-state index contributed by atoms with van der Waals surface area (Å²) >= 11 is 5.76. The lowest BCUT2D eigenvalue weighted by Crippen LogP contribution is -2.36. The second kappa shape index (κ2) is 5.92. The molecule has 4 heteroatoms. The highest BCUT2D eigenvalue weighted by Gasteiger charge is 2.16. The predicted molar refractivity (Wildman–Crippen MR) is 73.0 cm³/mol. The number of benzene rings is 1. The maximum Gasteiger partial charge on any atom is 0.253 e. The topological polar surface area (TPSA) is 23.6 Å². The van der Waals surface area contributed by atoms with Crippen molar-refractivity contribution < 1.29 is 4.79 Å². The minimum absolute atomic E-state index is 0.00171. The Labute approximate surface area is 108 Å². The second-order valence-corrected chi connectivity index (χ2v) is 4.67. The number of carbonyl (C=O) groups is 1. The fourth-order valence-corrected chi connectivity index (χ4v) is 1.63. The number of hydrogen-bond acceptors (Lipinski definition) is 2. The molecule has 0 radical (unpaired) electrons. The van der Waals surface area contributed by atoms with Crippen molar-refractivity contribution in [3.63, 3.8) is 0 Å². The van der Waals surface area contributed by atoms with Crippen LogP contribution in [-0.4, -0.2) is 43.9 Å². The average molecular weight is 255 g/mol. The first kappa shape index (κ1) is 13.8. The first-order chi connectivity index (χ1) is 7.97. The lowest BCUT2D eigenvalue weighted by molar-refractivity contribution is 0.0757. The number of rotatable bonds is 4. The fraction of sp³-hybridized carbons (Fsp3) is 0.462. The second-order valence-electron chi connectivity index (χ2n) is 4.36. The van der Waals surface area contributed by atoms with Gasteiger partial charge in [-0.15, -0.1) is 11.6 Å². The molecule has 0 fully saturated rings. The highest BCUT2D eigenvalue weighted by molar-refractivity contribution is 6.18. The summed E-state index contributed by atoms with van der Waals surface area (Å²) in [6.45, 7) is 1.93. The molecule has 1 aromatic carbocycles. The zero-order chi connectivity index (χ0) is 13.0. The molecule has 1 unspecified atom stereocenters. The Bertz CT molecular complexity index is 393. The van der Waals surface area contributed by atoms with Gasteiger partial charge in [-0.2, -0.15) is 0 Å². The van der Waals surface area contributed by atoms with Crippen LogP contribution in [0.15, 0.2) is 24.3 Å². The smallest absolute Gasteiger partial charge is 0.253 e. The van der Waals surface area contributed by atoms with Gasteiger partial charge in [0.1, 0.15) is 0 Å². The van der Waals surface area contributed by atoms with E-state index in [1.54, 1.807) is 11.9 Å². The van der Waals surface area contributed by atoms with Gasteiger partial charge >= 0.3 is 0 Å². The number of anilines is 1. The first-order valence-corrected chi connectivity index (χ1v) is 6.11. The highest BCUT2D eigenvalue weighted by Crippen LogP contribution is 2.15. The van der Waals surface area contributed by atoms with Crippen LogP contribution >= 0.6 is 11.6 Å². The van der Waals surface area contributed by atoms with Crippen LogP contribution < -0.4 is 4.90 Å². The predicted octanol–water partition coefficient (Wildman–Crippen LogP) is 2.45. The fourth-order valence-electron chi connectivity index (χ4n) is 1.42. The zero-order valence-electron chi connectivity index (χ0n) is 10.8. The monoisotopic (exact) mass is 254 g/mol. The number of halogens is 1. The van der Waals surface area contributed by atoms with Crippen molar-refractivity contribution in [2.75, 3.05) is 31.9 Å². The molecule has 0 aromatic heterocycles. The van der Waals surface area contributed by atoms with Crippen LogP contribution in [0.5, 0.6) is 0 Å². The Morgan fingerprint density at radius 2 is 2.00 bits per heavy atom. The van der Waals surface area contributed by atoms with E-state index in [0.29, 0.717) is 11.4 Å². The number of amides is 1. The quantitative estimate of drug-likeness (QED) is 0.771. The van der Waals surface area contributed by atoms with Crippen molar-refractivity contribution in [1.29, 1.82) is 0 Å². The van der Waals surface area contributed by atoms with Crippen molar-refractivity contribution in [3.8, 4) is 0 Å². The Hall–Kier alpha value is -1.22. The van der Waals surface area contributed by atoms with E-state index < -0.39 is 0 Å². The van der Waals surface area contributed by atoms with Crippen LogP contribution in [0.1, 0.15) is 17.3 Å².